The second kappa shape index (κ2) is 6.05. The molecule has 0 aliphatic heterocycles. The highest BCUT2D eigenvalue weighted by Gasteiger charge is 2.10. The Balaban J connectivity index is 1.77. The third-order valence-corrected chi connectivity index (χ3v) is 3.45. The molecule has 0 spiro atoms. The third kappa shape index (κ3) is 3.08. The van der Waals surface area contributed by atoms with Crippen molar-refractivity contribution in [1.29, 1.82) is 0 Å². The average Bonchev–Trinajstić information content (AvgIpc) is 2.76. The number of fused-ring (bicyclic) bond motifs is 1. The highest BCUT2D eigenvalue weighted by atomic mass is 14.8. The zero-order valence-electron chi connectivity index (χ0n) is 10.4. The van der Waals surface area contributed by atoms with Crippen LogP contribution in [0, 0.1) is 0 Å². The van der Waals surface area contributed by atoms with E-state index >= 15 is 0 Å². The van der Waals surface area contributed by atoms with Gasteiger partial charge in [-0.25, -0.2) is 0 Å². The zero-order valence-corrected chi connectivity index (χ0v) is 10.4. The van der Waals surface area contributed by atoms with E-state index in [-0.39, 0.29) is 0 Å². The molecule has 88 valence electrons. The Kier molecular flexibility index (Phi) is 4.41. The Bertz CT molecular complexity index is 330. The lowest BCUT2D eigenvalue weighted by Crippen LogP contribution is -2.14. The van der Waals surface area contributed by atoms with Gasteiger partial charge in [0.05, 0.1) is 0 Å². The first kappa shape index (κ1) is 11.7. The van der Waals surface area contributed by atoms with Gasteiger partial charge in [-0.2, -0.15) is 0 Å². The van der Waals surface area contributed by atoms with E-state index in [0.29, 0.717) is 0 Å². The van der Waals surface area contributed by atoms with Gasteiger partial charge in [0, 0.05) is 6.54 Å². The van der Waals surface area contributed by atoms with Crippen LogP contribution in [0.5, 0.6) is 0 Å². The summed E-state index contributed by atoms with van der Waals surface area (Å²) in [6, 6.07) is 7.01. The average molecular weight is 217 g/mol. The number of aryl methyl sites for hydroxylation is 2. The molecule has 0 saturated heterocycles. The molecule has 0 radical (unpaired) electrons. The highest BCUT2D eigenvalue weighted by molar-refractivity contribution is 5.35. The van der Waals surface area contributed by atoms with Crippen LogP contribution in [0.4, 0.5) is 0 Å². The van der Waals surface area contributed by atoms with Gasteiger partial charge in [0.15, 0.2) is 0 Å². The largest absolute Gasteiger partial charge is 0.313 e. The maximum absolute atomic E-state index is 3.53. The topological polar surface area (TPSA) is 12.0 Å². The number of benzene rings is 1. The molecular formula is C15H23N. The molecule has 1 aromatic carbocycles. The summed E-state index contributed by atoms with van der Waals surface area (Å²) in [5.74, 6) is 0. The number of hydrogen-bond donors (Lipinski definition) is 1. The van der Waals surface area contributed by atoms with E-state index in [2.05, 4.69) is 30.4 Å². The number of rotatable bonds is 6. The Morgan fingerprint density at radius 3 is 2.88 bits per heavy atom. The van der Waals surface area contributed by atoms with E-state index in [1.54, 1.807) is 11.1 Å². The molecule has 0 bridgehead atoms. The number of unbranched alkanes of at least 4 members (excludes halogenated alkanes) is 2. The predicted octanol–water partition coefficient (Wildman–Crippen LogP) is 3.46. The monoisotopic (exact) mass is 217 g/mol. The van der Waals surface area contributed by atoms with Crippen LogP contribution >= 0.6 is 0 Å². The molecule has 0 fully saturated rings. The van der Waals surface area contributed by atoms with Crippen molar-refractivity contribution < 1.29 is 0 Å². The van der Waals surface area contributed by atoms with E-state index in [4.69, 9.17) is 0 Å². The Hall–Kier alpha value is -0.820. The van der Waals surface area contributed by atoms with E-state index < -0.39 is 0 Å². The van der Waals surface area contributed by atoms with Crippen LogP contribution in [0.25, 0.3) is 0 Å². The molecule has 0 saturated carbocycles. The minimum absolute atomic E-state index is 1.04. The molecule has 1 N–H and O–H groups in total. The lowest BCUT2D eigenvalue weighted by atomic mass is 10.1. The summed E-state index contributed by atoms with van der Waals surface area (Å²) in [6.45, 7) is 4.45. The third-order valence-electron chi connectivity index (χ3n) is 3.45. The first-order valence-corrected chi connectivity index (χ1v) is 6.71. The zero-order chi connectivity index (χ0) is 11.2. The quantitative estimate of drug-likeness (QED) is 0.720. The van der Waals surface area contributed by atoms with Crippen LogP contribution in [-0.4, -0.2) is 6.54 Å². The number of nitrogens with one attached hydrogen (secondary N) is 1. The lowest BCUT2D eigenvalue weighted by molar-refractivity contribution is 0.616. The SMILES string of the molecule is CCCCCNCc1ccc2c(c1)CCC2. The summed E-state index contributed by atoms with van der Waals surface area (Å²) in [5.41, 5.74) is 4.62. The Labute approximate surface area is 99.3 Å². The molecule has 0 atom stereocenters. The van der Waals surface area contributed by atoms with Gasteiger partial charge in [-0.1, -0.05) is 38.0 Å². The molecule has 1 nitrogen and oxygen atoms in total. The predicted molar refractivity (Wildman–Crippen MR) is 69.7 cm³/mol. The second-order valence-electron chi connectivity index (χ2n) is 4.84. The molecule has 0 unspecified atom stereocenters. The maximum Gasteiger partial charge on any atom is 0.0205 e. The first-order chi connectivity index (χ1) is 7.90. The van der Waals surface area contributed by atoms with E-state index in [0.717, 1.165) is 13.1 Å². The molecule has 16 heavy (non-hydrogen) atoms. The van der Waals surface area contributed by atoms with Crippen molar-refractivity contribution in [3.05, 3.63) is 34.9 Å². The first-order valence-electron chi connectivity index (χ1n) is 6.71. The van der Waals surface area contributed by atoms with Crippen molar-refractivity contribution in [3.8, 4) is 0 Å². The van der Waals surface area contributed by atoms with Gasteiger partial charge in [0.25, 0.3) is 0 Å². The molecule has 1 heteroatoms. The van der Waals surface area contributed by atoms with E-state index in [1.807, 2.05) is 0 Å². The molecule has 1 aliphatic carbocycles. The summed E-state index contributed by atoms with van der Waals surface area (Å²) < 4.78 is 0. The molecule has 0 amide bonds. The summed E-state index contributed by atoms with van der Waals surface area (Å²) in [7, 11) is 0. The van der Waals surface area contributed by atoms with Crippen LogP contribution in [0.2, 0.25) is 0 Å². The van der Waals surface area contributed by atoms with Crippen LogP contribution in [0.1, 0.15) is 49.3 Å². The summed E-state index contributed by atoms with van der Waals surface area (Å²) in [5, 5.41) is 3.53. The van der Waals surface area contributed by atoms with Crippen molar-refractivity contribution in [2.75, 3.05) is 6.54 Å². The van der Waals surface area contributed by atoms with Gasteiger partial charge in [-0.15, -0.1) is 0 Å². The molecule has 1 aliphatic rings. The van der Waals surface area contributed by atoms with Crippen LogP contribution in [0.3, 0.4) is 0 Å². The lowest BCUT2D eigenvalue weighted by Gasteiger charge is -2.06. The van der Waals surface area contributed by atoms with Gasteiger partial charge in [0.2, 0.25) is 0 Å². The second-order valence-corrected chi connectivity index (χ2v) is 4.84. The smallest absolute Gasteiger partial charge is 0.0205 e. The molecule has 0 heterocycles. The van der Waals surface area contributed by atoms with Crippen molar-refractivity contribution in [2.45, 2.75) is 52.0 Å². The fraction of sp³-hybridized carbons (Fsp3) is 0.600. The fourth-order valence-corrected chi connectivity index (χ4v) is 2.47. The minimum Gasteiger partial charge on any atom is -0.313 e. The van der Waals surface area contributed by atoms with Crippen molar-refractivity contribution >= 4 is 0 Å². The van der Waals surface area contributed by atoms with Crippen LogP contribution in [-0.2, 0) is 19.4 Å². The molecule has 0 aromatic heterocycles. The van der Waals surface area contributed by atoms with Crippen molar-refractivity contribution in [2.24, 2.45) is 0 Å². The van der Waals surface area contributed by atoms with Gasteiger partial charge in [-0.05, 0) is 48.9 Å². The molecule has 2 rings (SSSR count). The van der Waals surface area contributed by atoms with Crippen molar-refractivity contribution in [3.63, 3.8) is 0 Å². The standard InChI is InChI=1S/C15H23N/c1-2-3-4-10-16-12-13-8-9-14-6-5-7-15(14)11-13/h8-9,11,16H,2-7,10,12H2,1H3. The summed E-state index contributed by atoms with van der Waals surface area (Å²) in [4.78, 5) is 0. The number of hydrogen-bond acceptors (Lipinski definition) is 1. The van der Waals surface area contributed by atoms with Crippen LogP contribution < -0.4 is 5.32 Å². The molecular weight excluding hydrogens is 194 g/mol. The van der Waals surface area contributed by atoms with Gasteiger partial charge >= 0.3 is 0 Å². The Morgan fingerprint density at radius 2 is 2.00 bits per heavy atom. The minimum atomic E-state index is 1.04. The Morgan fingerprint density at radius 1 is 1.12 bits per heavy atom. The highest BCUT2D eigenvalue weighted by Crippen LogP contribution is 2.22. The van der Waals surface area contributed by atoms with E-state index in [1.165, 1.54) is 44.1 Å². The normalized spacial score (nSPS) is 14.1. The van der Waals surface area contributed by atoms with E-state index in [9.17, 15) is 0 Å². The summed E-state index contributed by atoms with van der Waals surface area (Å²) in [6.07, 6.45) is 7.89. The van der Waals surface area contributed by atoms with Crippen LogP contribution in [0.15, 0.2) is 18.2 Å². The van der Waals surface area contributed by atoms with Crippen molar-refractivity contribution in [1.82, 2.24) is 5.32 Å². The maximum atomic E-state index is 3.53. The van der Waals surface area contributed by atoms with Gasteiger partial charge < -0.3 is 5.32 Å². The summed E-state index contributed by atoms with van der Waals surface area (Å²) >= 11 is 0. The van der Waals surface area contributed by atoms with Gasteiger partial charge in [-0.3, -0.25) is 0 Å². The molecule has 1 aromatic rings. The van der Waals surface area contributed by atoms with Gasteiger partial charge in [0.1, 0.15) is 0 Å². The fourth-order valence-electron chi connectivity index (χ4n) is 2.47.